The van der Waals surface area contributed by atoms with Crippen LogP contribution in [-0.4, -0.2) is 54.5 Å². The molecule has 1 aliphatic rings. The molecule has 15 heavy (non-hydrogen) atoms. The van der Waals surface area contributed by atoms with Gasteiger partial charge in [-0.1, -0.05) is 20.8 Å². The van der Waals surface area contributed by atoms with Gasteiger partial charge in [0, 0.05) is 13.1 Å². The average Bonchev–Trinajstić information content (AvgIpc) is 2.61. The molecule has 1 heterocycles. The zero-order chi connectivity index (χ0) is 11.3. The second-order valence-electron chi connectivity index (χ2n) is 3.98. The first kappa shape index (κ1) is 12.3. The maximum absolute atomic E-state index is 5.87. The van der Waals surface area contributed by atoms with E-state index in [0.29, 0.717) is 6.04 Å². The van der Waals surface area contributed by atoms with E-state index in [4.69, 9.17) is 5.73 Å². The molecule has 88 valence electrons. The third-order valence-corrected chi connectivity index (χ3v) is 3.22. The van der Waals surface area contributed by atoms with Gasteiger partial charge in [0.2, 0.25) is 0 Å². The van der Waals surface area contributed by atoms with Crippen molar-refractivity contribution in [2.24, 2.45) is 10.7 Å². The van der Waals surface area contributed by atoms with Crippen molar-refractivity contribution < 1.29 is 0 Å². The molecule has 0 fully saturated rings. The summed E-state index contributed by atoms with van der Waals surface area (Å²) in [5.74, 6) is 0.731. The van der Waals surface area contributed by atoms with Crippen LogP contribution in [-0.2, 0) is 0 Å². The number of nitrogens with two attached hydrogens (primary N) is 1. The largest absolute Gasteiger partial charge is 0.370 e. The monoisotopic (exact) mass is 212 g/mol. The first-order valence-corrected chi connectivity index (χ1v) is 6.01. The van der Waals surface area contributed by atoms with Gasteiger partial charge in [0.15, 0.2) is 5.96 Å². The van der Waals surface area contributed by atoms with E-state index in [2.05, 4.69) is 35.6 Å². The molecule has 2 N–H and O–H groups in total. The second-order valence-corrected chi connectivity index (χ2v) is 3.98. The molecule has 0 aliphatic carbocycles. The van der Waals surface area contributed by atoms with Gasteiger partial charge in [0.1, 0.15) is 0 Å². The minimum absolute atomic E-state index is 0.528. The Kier molecular flexibility index (Phi) is 4.88. The molecule has 4 nitrogen and oxygen atoms in total. The molecule has 1 atom stereocenters. The van der Waals surface area contributed by atoms with E-state index < -0.39 is 0 Å². The summed E-state index contributed by atoms with van der Waals surface area (Å²) >= 11 is 0. The Labute approximate surface area is 93.1 Å². The maximum atomic E-state index is 5.87. The molecule has 0 aromatic carbocycles. The highest BCUT2D eigenvalue weighted by atomic mass is 15.3. The Balaban J connectivity index is 2.39. The minimum Gasteiger partial charge on any atom is -0.370 e. The third-order valence-electron chi connectivity index (χ3n) is 3.22. The fourth-order valence-corrected chi connectivity index (χ4v) is 2.01. The van der Waals surface area contributed by atoms with Gasteiger partial charge in [0.25, 0.3) is 0 Å². The van der Waals surface area contributed by atoms with Crippen LogP contribution in [0.25, 0.3) is 0 Å². The molecule has 0 bridgehead atoms. The van der Waals surface area contributed by atoms with Crippen LogP contribution >= 0.6 is 0 Å². The van der Waals surface area contributed by atoms with Crippen molar-refractivity contribution in [1.29, 1.82) is 0 Å². The lowest BCUT2D eigenvalue weighted by Gasteiger charge is -2.28. The lowest BCUT2D eigenvalue weighted by molar-refractivity contribution is 0.245. The summed E-state index contributed by atoms with van der Waals surface area (Å²) in [5, 5.41) is 0. The van der Waals surface area contributed by atoms with E-state index in [-0.39, 0.29) is 0 Å². The summed E-state index contributed by atoms with van der Waals surface area (Å²) in [5.41, 5.74) is 5.87. The van der Waals surface area contributed by atoms with Gasteiger partial charge in [-0.2, -0.15) is 0 Å². The first-order valence-electron chi connectivity index (χ1n) is 6.01. The Morgan fingerprint density at radius 1 is 1.40 bits per heavy atom. The quantitative estimate of drug-likeness (QED) is 0.706. The number of hydrogen-bond acceptors (Lipinski definition) is 4. The second kappa shape index (κ2) is 5.95. The maximum Gasteiger partial charge on any atom is 0.191 e. The van der Waals surface area contributed by atoms with Crippen LogP contribution in [0.15, 0.2) is 4.99 Å². The molecule has 0 saturated carbocycles. The van der Waals surface area contributed by atoms with E-state index in [9.17, 15) is 0 Å². The number of aliphatic imine (C=N–C) groups is 1. The Bertz CT molecular complexity index is 211. The highest BCUT2D eigenvalue weighted by Crippen LogP contribution is 2.11. The molecule has 0 aromatic rings. The standard InChI is InChI=1S/C11H24N4/c1-4-10-9-13-11(12)15(10)8-7-14(5-2)6-3/h10H,4-9H2,1-3H3,(H2,12,13). The molecule has 1 rings (SSSR count). The van der Waals surface area contributed by atoms with Gasteiger partial charge in [-0.25, -0.2) is 0 Å². The van der Waals surface area contributed by atoms with Gasteiger partial charge in [0.05, 0.1) is 12.6 Å². The minimum atomic E-state index is 0.528. The van der Waals surface area contributed by atoms with Crippen LogP contribution in [0, 0.1) is 0 Å². The normalized spacial score (nSPS) is 21.2. The Morgan fingerprint density at radius 3 is 2.60 bits per heavy atom. The number of rotatable bonds is 6. The fourth-order valence-electron chi connectivity index (χ4n) is 2.01. The van der Waals surface area contributed by atoms with Gasteiger partial charge >= 0.3 is 0 Å². The predicted molar refractivity (Wildman–Crippen MR) is 65.1 cm³/mol. The number of likely N-dealkylation sites (N-methyl/N-ethyl adjacent to an activating group) is 1. The summed E-state index contributed by atoms with van der Waals surface area (Å²) in [6, 6.07) is 0.528. The van der Waals surface area contributed by atoms with Gasteiger partial charge in [-0.3, -0.25) is 4.99 Å². The van der Waals surface area contributed by atoms with Crippen LogP contribution in [0.5, 0.6) is 0 Å². The van der Waals surface area contributed by atoms with Crippen LogP contribution in [0.2, 0.25) is 0 Å². The van der Waals surface area contributed by atoms with E-state index in [1.54, 1.807) is 0 Å². The molecule has 4 heteroatoms. The topological polar surface area (TPSA) is 44.9 Å². The smallest absolute Gasteiger partial charge is 0.191 e. The lowest BCUT2D eigenvalue weighted by Crippen LogP contribution is -2.44. The molecule has 1 aliphatic heterocycles. The molecule has 1 unspecified atom stereocenters. The first-order chi connectivity index (χ1) is 7.22. The zero-order valence-corrected chi connectivity index (χ0v) is 10.2. The van der Waals surface area contributed by atoms with Crippen molar-refractivity contribution in [2.75, 3.05) is 32.7 Å². The molecular weight excluding hydrogens is 188 g/mol. The number of nitrogens with zero attached hydrogens (tertiary/aromatic N) is 3. The van der Waals surface area contributed by atoms with E-state index in [1.165, 1.54) is 0 Å². The Hall–Kier alpha value is -0.770. The number of hydrogen-bond donors (Lipinski definition) is 1. The van der Waals surface area contributed by atoms with Gasteiger partial charge in [-0.05, 0) is 19.5 Å². The van der Waals surface area contributed by atoms with E-state index >= 15 is 0 Å². The van der Waals surface area contributed by atoms with Crippen LogP contribution in [0.3, 0.4) is 0 Å². The van der Waals surface area contributed by atoms with Crippen LogP contribution in [0.1, 0.15) is 27.2 Å². The summed E-state index contributed by atoms with van der Waals surface area (Å²) in [6.45, 7) is 11.8. The van der Waals surface area contributed by atoms with Crippen LogP contribution in [0.4, 0.5) is 0 Å². The van der Waals surface area contributed by atoms with Crippen molar-refractivity contribution in [1.82, 2.24) is 9.80 Å². The lowest BCUT2D eigenvalue weighted by atomic mass is 10.2. The van der Waals surface area contributed by atoms with Gasteiger partial charge < -0.3 is 15.5 Å². The summed E-state index contributed by atoms with van der Waals surface area (Å²) < 4.78 is 0. The number of guanidine groups is 1. The molecule has 0 radical (unpaired) electrons. The zero-order valence-electron chi connectivity index (χ0n) is 10.2. The summed E-state index contributed by atoms with van der Waals surface area (Å²) in [6.07, 6.45) is 1.13. The molecule has 0 saturated heterocycles. The van der Waals surface area contributed by atoms with E-state index in [1.807, 2.05) is 0 Å². The summed E-state index contributed by atoms with van der Waals surface area (Å²) in [7, 11) is 0. The molecule has 0 aromatic heterocycles. The predicted octanol–water partition coefficient (Wildman–Crippen LogP) is 0.737. The van der Waals surface area contributed by atoms with Crippen molar-refractivity contribution in [3.63, 3.8) is 0 Å². The fraction of sp³-hybridized carbons (Fsp3) is 0.909. The van der Waals surface area contributed by atoms with Crippen molar-refractivity contribution in [3.05, 3.63) is 0 Å². The van der Waals surface area contributed by atoms with Gasteiger partial charge in [-0.15, -0.1) is 0 Å². The SMILES string of the molecule is CCC1CN=C(N)N1CCN(CC)CC. The third kappa shape index (κ3) is 3.09. The molecular formula is C11H24N4. The van der Waals surface area contributed by atoms with Crippen molar-refractivity contribution in [2.45, 2.75) is 33.2 Å². The van der Waals surface area contributed by atoms with Crippen molar-refractivity contribution >= 4 is 5.96 Å². The average molecular weight is 212 g/mol. The highest BCUT2D eigenvalue weighted by Gasteiger charge is 2.23. The van der Waals surface area contributed by atoms with Crippen LogP contribution < -0.4 is 5.73 Å². The molecule has 0 spiro atoms. The Morgan fingerprint density at radius 2 is 2.07 bits per heavy atom. The summed E-state index contributed by atoms with van der Waals surface area (Å²) in [4.78, 5) is 8.96. The van der Waals surface area contributed by atoms with E-state index in [0.717, 1.165) is 45.1 Å². The van der Waals surface area contributed by atoms with Crippen molar-refractivity contribution in [3.8, 4) is 0 Å². The highest BCUT2D eigenvalue weighted by molar-refractivity contribution is 5.80. The molecule has 0 amide bonds.